The molecule has 0 bridgehead atoms. The van der Waals surface area contributed by atoms with Crippen LogP contribution in [0.2, 0.25) is 0 Å². The summed E-state index contributed by atoms with van der Waals surface area (Å²) in [6.45, 7) is 6.50. The molecule has 0 atom stereocenters. The van der Waals surface area contributed by atoms with E-state index >= 15 is 0 Å². The van der Waals surface area contributed by atoms with Gasteiger partial charge in [-0.3, -0.25) is 4.79 Å². The number of nitrogens with one attached hydrogen (secondary N) is 1. The van der Waals surface area contributed by atoms with Crippen LogP contribution in [0, 0.1) is 0 Å². The number of hydrogen-bond acceptors (Lipinski definition) is 2. The van der Waals surface area contributed by atoms with Crippen LogP contribution in [0.4, 0.5) is 0 Å². The van der Waals surface area contributed by atoms with Crippen molar-refractivity contribution in [3.63, 3.8) is 0 Å². The number of carbonyl (C=O) groups excluding carboxylic acids is 1. The molecule has 2 aromatic rings. The first-order chi connectivity index (χ1) is 8.20. The predicted octanol–water partition coefficient (Wildman–Crippen LogP) is 2.47. The number of nitrogens with zero attached hydrogens (tertiary/aromatic N) is 1. The van der Waals surface area contributed by atoms with Crippen molar-refractivity contribution < 1.29 is 4.79 Å². The molecule has 0 aliphatic carbocycles. The third-order valence-electron chi connectivity index (χ3n) is 3.55. The van der Waals surface area contributed by atoms with E-state index in [0.29, 0.717) is 0 Å². The van der Waals surface area contributed by atoms with Gasteiger partial charge in [0.15, 0.2) is 5.78 Å². The molecule has 2 heterocycles. The molecule has 0 unspecified atom stereocenters. The summed E-state index contributed by atoms with van der Waals surface area (Å²) >= 11 is 0. The number of rotatable bonds is 2. The van der Waals surface area contributed by atoms with E-state index < -0.39 is 0 Å². The largest absolute Gasteiger partial charge is 0.347 e. The lowest BCUT2D eigenvalue weighted by Gasteiger charge is -2.03. The second-order valence-corrected chi connectivity index (χ2v) is 4.63. The minimum atomic E-state index is 0.146. The molecule has 0 saturated carbocycles. The Bertz CT molecular complexity index is 610. The molecule has 0 spiro atoms. The van der Waals surface area contributed by atoms with Gasteiger partial charge in [0.2, 0.25) is 0 Å². The number of ketones is 1. The van der Waals surface area contributed by atoms with Crippen molar-refractivity contribution >= 4 is 16.7 Å². The molecule has 0 fully saturated rings. The molecule has 1 N–H and O–H groups in total. The fraction of sp³-hybridized carbons (Fsp3) is 0.357. The highest BCUT2D eigenvalue weighted by atomic mass is 16.1. The van der Waals surface area contributed by atoms with Crippen molar-refractivity contribution in [1.29, 1.82) is 0 Å². The monoisotopic (exact) mass is 228 g/mol. The van der Waals surface area contributed by atoms with Crippen LogP contribution >= 0.6 is 0 Å². The number of benzene rings is 1. The molecule has 3 rings (SSSR count). The van der Waals surface area contributed by atoms with E-state index in [1.165, 1.54) is 16.6 Å². The Morgan fingerprint density at radius 3 is 2.71 bits per heavy atom. The SMILES string of the molecule is CCn1cc(C(C)=O)c2cc3c(cc21)CNC3. The Kier molecular flexibility index (Phi) is 2.30. The molecular weight excluding hydrogens is 212 g/mol. The first-order valence-corrected chi connectivity index (χ1v) is 6.07. The summed E-state index contributed by atoms with van der Waals surface area (Å²) in [5.74, 6) is 0.146. The van der Waals surface area contributed by atoms with Gasteiger partial charge in [-0.2, -0.15) is 0 Å². The predicted molar refractivity (Wildman–Crippen MR) is 68.2 cm³/mol. The average molecular weight is 228 g/mol. The van der Waals surface area contributed by atoms with E-state index in [4.69, 9.17) is 0 Å². The van der Waals surface area contributed by atoms with Gasteiger partial charge in [0, 0.05) is 42.3 Å². The number of Topliss-reactive ketones (excluding diaryl/α,β-unsaturated/α-hetero) is 1. The van der Waals surface area contributed by atoms with Crippen LogP contribution in [0.25, 0.3) is 10.9 Å². The zero-order chi connectivity index (χ0) is 12.0. The maximum atomic E-state index is 11.7. The molecular formula is C14H16N2O. The lowest BCUT2D eigenvalue weighted by molar-refractivity contribution is 0.101. The van der Waals surface area contributed by atoms with Crippen LogP contribution in [-0.2, 0) is 19.6 Å². The first-order valence-electron chi connectivity index (χ1n) is 6.07. The van der Waals surface area contributed by atoms with Gasteiger partial charge in [-0.15, -0.1) is 0 Å². The van der Waals surface area contributed by atoms with Crippen molar-refractivity contribution in [2.24, 2.45) is 0 Å². The molecule has 0 amide bonds. The van der Waals surface area contributed by atoms with Crippen LogP contribution in [-0.4, -0.2) is 10.4 Å². The number of fused-ring (bicyclic) bond motifs is 2. The summed E-state index contributed by atoms with van der Waals surface area (Å²) in [6.07, 6.45) is 1.98. The van der Waals surface area contributed by atoms with Crippen LogP contribution in [0.5, 0.6) is 0 Å². The highest BCUT2D eigenvalue weighted by Gasteiger charge is 2.16. The molecule has 1 aliphatic rings. The highest BCUT2D eigenvalue weighted by Crippen LogP contribution is 2.28. The Morgan fingerprint density at radius 2 is 2.06 bits per heavy atom. The zero-order valence-corrected chi connectivity index (χ0v) is 10.2. The zero-order valence-electron chi connectivity index (χ0n) is 10.2. The molecule has 0 saturated heterocycles. The van der Waals surface area contributed by atoms with E-state index in [-0.39, 0.29) is 5.78 Å². The van der Waals surface area contributed by atoms with Crippen LogP contribution < -0.4 is 5.32 Å². The molecule has 1 aromatic carbocycles. The van der Waals surface area contributed by atoms with Gasteiger partial charge in [-0.1, -0.05) is 0 Å². The van der Waals surface area contributed by atoms with Crippen molar-refractivity contribution in [3.05, 3.63) is 35.0 Å². The Balaban J connectivity index is 2.34. The second kappa shape index (κ2) is 3.70. The quantitative estimate of drug-likeness (QED) is 0.801. The van der Waals surface area contributed by atoms with Crippen LogP contribution in [0.3, 0.4) is 0 Å². The Morgan fingerprint density at radius 1 is 1.35 bits per heavy atom. The lowest BCUT2D eigenvalue weighted by atomic mass is 10.0. The molecule has 3 heteroatoms. The molecule has 3 nitrogen and oxygen atoms in total. The highest BCUT2D eigenvalue weighted by molar-refractivity contribution is 6.07. The van der Waals surface area contributed by atoms with Gasteiger partial charge in [0.05, 0.1) is 0 Å². The van der Waals surface area contributed by atoms with Crippen molar-refractivity contribution in [2.45, 2.75) is 33.5 Å². The third-order valence-corrected chi connectivity index (χ3v) is 3.55. The average Bonchev–Trinajstić information content (AvgIpc) is 2.88. The third kappa shape index (κ3) is 1.50. The van der Waals surface area contributed by atoms with Gasteiger partial charge in [0.25, 0.3) is 0 Å². The van der Waals surface area contributed by atoms with Gasteiger partial charge in [0.1, 0.15) is 0 Å². The fourth-order valence-electron chi connectivity index (χ4n) is 2.63. The van der Waals surface area contributed by atoms with E-state index in [0.717, 1.165) is 30.6 Å². The van der Waals surface area contributed by atoms with Gasteiger partial charge in [-0.25, -0.2) is 0 Å². The smallest absolute Gasteiger partial charge is 0.161 e. The topological polar surface area (TPSA) is 34.0 Å². The molecule has 1 aliphatic heterocycles. The Hall–Kier alpha value is -1.61. The Labute approximate surface area is 100 Å². The van der Waals surface area contributed by atoms with Crippen LogP contribution in [0.15, 0.2) is 18.3 Å². The molecule has 1 aromatic heterocycles. The van der Waals surface area contributed by atoms with E-state index in [9.17, 15) is 4.79 Å². The molecule has 17 heavy (non-hydrogen) atoms. The van der Waals surface area contributed by atoms with Crippen molar-refractivity contribution in [1.82, 2.24) is 9.88 Å². The summed E-state index contributed by atoms with van der Waals surface area (Å²) in [5, 5.41) is 4.44. The summed E-state index contributed by atoms with van der Waals surface area (Å²) in [4.78, 5) is 11.7. The summed E-state index contributed by atoms with van der Waals surface area (Å²) in [7, 11) is 0. The lowest BCUT2D eigenvalue weighted by Crippen LogP contribution is -2.00. The van der Waals surface area contributed by atoms with Crippen LogP contribution in [0.1, 0.15) is 35.3 Å². The van der Waals surface area contributed by atoms with E-state index in [1.54, 1.807) is 6.92 Å². The maximum absolute atomic E-state index is 11.7. The van der Waals surface area contributed by atoms with Gasteiger partial charge < -0.3 is 9.88 Å². The fourth-order valence-corrected chi connectivity index (χ4v) is 2.63. The number of aryl methyl sites for hydroxylation is 1. The number of aromatic nitrogens is 1. The van der Waals surface area contributed by atoms with E-state index in [1.807, 2.05) is 6.20 Å². The van der Waals surface area contributed by atoms with Gasteiger partial charge in [-0.05, 0) is 37.1 Å². The molecule has 88 valence electrons. The van der Waals surface area contributed by atoms with Crippen molar-refractivity contribution in [3.8, 4) is 0 Å². The maximum Gasteiger partial charge on any atom is 0.161 e. The number of carbonyl (C=O) groups is 1. The summed E-state index contributed by atoms with van der Waals surface area (Å²) < 4.78 is 2.16. The second-order valence-electron chi connectivity index (χ2n) is 4.63. The summed E-state index contributed by atoms with van der Waals surface area (Å²) in [5.41, 5.74) is 4.71. The first kappa shape index (κ1) is 10.5. The minimum Gasteiger partial charge on any atom is -0.347 e. The van der Waals surface area contributed by atoms with Crippen molar-refractivity contribution in [2.75, 3.05) is 0 Å². The normalized spacial score (nSPS) is 14.2. The minimum absolute atomic E-state index is 0.146. The van der Waals surface area contributed by atoms with E-state index in [2.05, 4.69) is 28.9 Å². The standard InChI is InChI=1S/C14H16N2O/c1-3-16-8-13(9(2)17)12-4-10-6-15-7-11(10)5-14(12)16/h4-5,8,15H,3,6-7H2,1-2H3. The number of hydrogen-bond donors (Lipinski definition) is 1. The molecule has 0 radical (unpaired) electrons. The van der Waals surface area contributed by atoms with Gasteiger partial charge >= 0.3 is 0 Å². The summed E-state index contributed by atoms with van der Waals surface area (Å²) in [6, 6.07) is 4.40.